The van der Waals surface area contributed by atoms with Crippen molar-refractivity contribution in [1.29, 1.82) is 0 Å². The standard InChI is InChI=1S/C17H30N4O2S.HI/c1-4-18-17(20-9-5-6-13-24-3)21-14-15-8-7-10-19-16(15)23-12-11-22-2;/h7-8,10H,4-6,9,11-14H2,1-3H3,(H2,18,20,21);1H. The number of hydrogen-bond donors (Lipinski definition) is 2. The fourth-order valence-electron chi connectivity index (χ4n) is 1.98. The van der Waals surface area contributed by atoms with Crippen molar-refractivity contribution in [3.05, 3.63) is 23.9 Å². The summed E-state index contributed by atoms with van der Waals surface area (Å²) in [6.45, 7) is 5.37. The SMILES string of the molecule is CCNC(=NCc1cccnc1OCCOC)NCCCCSC.I. The average Bonchev–Trinajstić information content (AvgIpc) is 2.60. The van der Waals surface area contributed by atoms with Crippen LogP contribution in [0.15, 0.2) is 23.3 Å². The van der Waals surface area contributed by atoms with Crippen LogP contribution in [0.3, 0.4) is 0 Å². The number of rotatable bonds is 12. The number of hydrogen-bond acceptors (Lipinski definition) is 5. The Morgan fingerprint density at radius 1 is 1.28 bits per heavy atom. The summed E-state index contributed by atoms with van der Waals surface area (Å²) >= 11 is 1.88. The molecule has 0 unspecified atom stereocenters. The van der Waals surface area contributed by atoms with Gasteiger partial charge in [0.1, 0.15) is 6.61 Å². The van der Waals surface area contributed by atoms with Crippen LogP contribution in [-0.4, -0.2) is 56.4 Å². The van der Waals surface area contributed by atoms with E-state index in [4.69, 9.17) is 9.47 Å². The molecule has 1 aromatic rings. The number of unbranched alkanes of at least 4 members (excludes halogenated alkanes) is 1. The molecule has 6 nitrogen and oxygen atoms in total. The Balaban J connectivity index is 0.00000576. The van der Waals surface area contributed by atoms with Crippen molar-refractivity contribution in [3.63, 3.8) is 0 Å². The van der Waals surface area contributed by atoms with Crippen LogP contribution in [0.2, 0.25) is 0 Å². The third-order valence-electron chi connectivity index (χ3n) is 3.20. The molecule has 0 fully saturated rings. The summed E-state index contributed by atoms with van der Waals surface area (Å²) in [6.07, 6.45) is 6.22. The molecule has 2 N–H and O–H groups in total. The first-order valence-corrected chi connectivity index (χ1v) is 9.78. The Bertz CT molecular complexity index is 478. The molecule has 0 aliphatic heterocycles. The second-order valence-electron chi connectivity index (χ2n) is 5.13. The zero-order chi connectivity index (χ0) is 17.5. The van der Waals surface area contributed by atoms with Gasteiger partial charge < -0.3 is 20.1 Å². The van der Waals surface area contributed by atoms with Crippen LogP contribution in [-0.2, 0) is 11.3 Å². The summed E-state index contributed by atoms with van der Waals surface area (Å²) in [4.78, 5) is 8.91. The first-order chi connectivity index (χ1) is 11.8. The van der Waals surface area contributed by atoms with Gasteiger partial charge in [-0.25, -0.2) is 9.98 Å². The van der Waals surface area contributed by atoms with Crippen LogP contribution in [0.5, 0.6) is 5.88 Å². The number of thioether (sulfide) groups is 1. The van der Waals surface area contributed by atoms with Crippen molar-refractivity contribution >= 4 is 41.7 Å². The minimum atomic E-state index is 0. The summed E-state index contributed by atoms with van der Waals surface area (Å²) in [5.74, 6) is 2.65. The highest BCUT2D eigenvalue weighted by Gasteiger charge is 2.05. The highest BCUT2D eigenvalue weighted by atomic mass is 127. The third kappa shape index (κ3) is 11.5. The quantitative estimate of drug-likeness (QED) is 0.207. The van der Waals surface area contributed by atoms with Crippen LogP contribution in [0.4, 0.5) is 0 Å². The number of guanidine groups is 1. The van der Waals surface area contributed by atoms with E-state index in [-0.39, 0.29) is 24.0 Å². The Labute approximate surface area is 173 Å². The second kappa shape index (κ2) is 16.7. The zero-order valence-electron chi connectivity index (χ0n) is 15.4. The lowest BCUT2D eigenvalue weighted by Gasteiger charge is -2.12. The summed E-state index contributed by atoms with van der Waals surface area (Å²) in [7, 11) is 1.65. The maximum absolute atomic E-state index is 5.65. The molecule has 0 saturated carbocycles. The molecule has 0 aliphatic carbocycles. The van der Waals surface area contributed by atoms with Crippen molar-refractivity contribution in [1.82, 2.24) is 15.6 Å². The van der Waals surface area contributed by atoms with E-state index < -0.39 is 0 Å². The molecule has 0 spiro atoms. The van der Waals surface area contributed by atoms with Crippen LogP contribution in [0, 0.1) is 0 Å². The van der Waals surface area contributed by atoms with Crippen LogP contribution in [0.25, 0.3) is 0 Å². The topological polar surface area (TPSA) is 67.8 Å². The molecule has 0 radical (unpaired) electrons. The monoisotopic (exact) mass is 482 g/mol. The number of pyridine rings is 1. The van der Waals surface area contributed by atoms with Crippen LogP contribution >= 0.6 is 35.7 Å². The molecule has 8 heteroatoms. The smallest absolute Gasteiger partial charge is 0.218 e. The number of nitrogens with zero attached hydrogens (tertiary/aromatic N) is 2. The van der Waals surface area contributed by atoms with Gasteiger partial charge in [0.05, 0.1) is 13.2 Å². The van der Waals surface area contributed by atoms with Gasteiger partial charge >= 0.3 is 0 Å². The predicted molar refractivity (Wildman–Crippen MR) is 117 cm³/mol. The predicted octanol–water partition coefficient (Wildman–Crippen LogP) is 2.92. The maximum Gasteiger partial charge on any atom is 0.218 e. The largest absolute Gasteiger partial charge is 0.475 e. The van der Waals surface area contributed by atoms with Gasteiger partial charge in [0, 0.05) is 32.0 Å². The molecule has 0 atom stereocenters. The Kier molecular flexibility index (Phi) is 16.2. The summed E-state index contributed by atoms with van der Waals surface area (Å²) in [6, 6.07) is 3.89. The molecule has 0 aliphatic rings. The van der Waals surface area contributed by atoms with E-state index in [9.17, 15) is 0 Å². The fraction of sp³-hybridized carbons (Fsp3) is 0.647. The molecule has 0 amide bonds. The van der Waals surface area contributed by atoms with Gasteiger partial charge in [-0.05, 0) is 37.8 Å². The number of methoxy groups -OCH3 is 1. The van der Waals surface area contributed by atoms with Crippen LogP contribution in [0.1, 0.15) is 25.3 Å². The van der Waals surface area contributed by atoms with Gasteiger partial charge in [-0.2, -0.15) is 11.8 Å². The highest BCUT2D eigenvalue weighted by Crippen LogP contribution is 2.15. The second-order valence-corrected chi connectivity index (χ2v) is 6.12. The Hall–Kier alpha value is -0.740. The normalized spacial score (nSPS) is 10.9. The lowest BCUT2D eigenvalue weighted by atomic mass is 10.3. The van der Waals surface area contributed by atoms with Gasteiger partial charge in [-0.3, -0.25) is 0 Å². The molecule has 1 rings (SSSR count). The number of aromatic nitrogens is 1. The molecule has 25 heavy (non-hydrogen) atoms. The van der Waals surface area contributed by atoms with Crippen molar-refractivity contribution in [2.24, 2.45) is 4.99 Å². The lowest BCUT2D eigenvalue weighted by Crippen LogP contribution is -2.37. The molecular weight excluding hydrogens is 451 g/mol. The van der Waals surface area contributed by atoms with Gasteiger partial charge in [0.15, 0.2) is 5.96 Å². The van der Waals surface area contributed by atoms with Gasteiger partial charge in [0.25, 0.3) is 0 Å². The first kappa shape index (κ1) is 24.3. The molecule has 1 aromatic heterocycles. The minimum absolute atomic E-state index is 0. The Morgan fingerprint density at radius 3 is 2.84 bits per heavy atom. The summed E-state index contributed by atoms with van der Waals surface area (Å²) in [5.41, 5.74) is 0.966. The van der Waals surface area contributed by atoms with Crippen molar-refractivity contribution < 1.29 is 9.47 Å². The van der Waals surface area contributed by atoms with Gasteiger partial charge in [-0.1, -0.05) is 6.07 Å². The average molecular weight is 482 g/mol. The van der Waals surface area contributed by atoms with E-state index in [1.54, 1.807) is 13.3 Å². The van der Waals surface area contributed by atoms with E-state index in [1.807, 2.05) is 23.9 Å². The number of ether oxygens (including phenoxy) is 2. The van der Waals surface area contributed by atoms with E-state index in [1.165, 1.54) is 12.2 Å². The van der Waals surface area contributed by atoms with E-state index in [0.717, 1.165) is 31.0 Å². The highest BCUT2D eigenvalue weighted by molar-refractivity contribution is 14.0. The van der Waals surface area contributed by atoms with Gasteiger partial charge in [-0.15, -0.1) is 24.0 Å². The van der Waals surface area contributed by atoms with Crippen LogP contribution < -0.4 is 15.4 Å². The molecule has 0 aromatic carbocycles. The Morgan fingerprint density at radius 2 is 2.12 bits per heavy atom. The molecule has 1 heterocycles. The van der Waals surface area contributed by atoms with E-state index in [2.05, 4.69) is 33.8 Å². The van der Waals surface area contributed by atoms with Crippen molar-refractivity contribution in [2.75, 3.05) is 45.4 Å². The number of aliphatic imine (C=N–C) groups is 1. The summed E-state index contributed by atoms with van der Waals surface area (Å²) < 4.78 is 10.7. The third-order valence-corrected chi connectivity index (χ3v) is 3.89. The lowest BCUT2D eigenvalue weighted by molar-refractivity contribution is 0.143. The summed E-state index contributed by atoms with van der Waals surface area (Å²) in [5, 5.41) is 6.64. The molecule has 0 bridgehead atoms. The number of nitrogens with one attached hydrogen (secondary N) is 2. The van der Waals surface area contributed by atoms with Gasteiger partial charge in [0.2, 0.25) is 5.88 Å². The van der Waals surface area contributed by atoms with Crippen molar-refractivity contribution in [3.8, 4) is 5.88 Å². The van der Waals surface area contributed by atoms with E-state index in [0.29, 0.717) is 25.6 Å². The molecule has 0 saturated heterocycles. The number of halogens is 1. The zero-order valence-corrected chi connectivity index (χ0v) is 18.6. The molecular formula is C17H31IN4O2S. The first-order valence-electron chi connectivity index (χ1n) is 8.38. The minimum Gasteiger partial charge on any atom is -0.475 e. The van der Waals surface area contributed by atoms with E-state index >= 15 is 0 Å². The fourth-order valence-corrected chi connectivity index (χ4v) is 2.47. The van der Waals surface area contributed by atoms with Crippen molar-refractivity contribution in [2.45, 2.75) is 26.3 Å². The molecule has 144 valence electrons. The maximum atomic E-state index is 5.65.